The van der Waals surface area contributed by atoms with E-state index < -0.39 is 0 Å². The molecular formula is C10H16. The lowest BCUT2D eigenvalue weighted by molar-refractivity contribution is -0.148. The van der Waals surface area contributed by atoms with Gasteiger partial charge in [-0.3, -0.25) is 0 Å². The first-order valence-corrected chi connectivity index (χ1v) is 4.73. The van der Waals surface area contributed by atoms with Crippen LogP contribution in [0.15, 0.2) is 0 Å². The molecule has 0 N–H and O–H groups in total. The Balaban J connectivity index is 2.00. The van der Waals surface area contributed by atoms with Gasteiger partial charge in [-0.25, -0.2) is 0 Å². The highest BCUT2D eigenvalue weighted by Crippen LogP contribution is 2.75. The van der Waals surface area contributed by atoms with Gasteiger partial charge in [-0.05, 0) is 48.3 Å². The van der Waals surface area contributed by atoms with E-state index >= 15 is 0 Å². The van der Waals surface area contributed by atoms with Crippen molar-refractivity contribution in [1.82, 2.24) is 0 Å². The molecule has 0 aliphatic heterocycles. The van der Waals surface area contributed by atoms with Crippen molar-refractivity contribution in [3.63, 3.8) is 0 Å². The van der Waals surface area contributed by atoms with Gasteiger partial charge in [-0.15, -0.1) is 0 Å². The maximum Gasteiger partial charge on any atom is -0.0238 e. The molecule has 0 amide bonds. The fourth-order valence-electron chi connectivity index (χ4n) is 4.19. The Morgan fingerprint density at radius 2 is 1.80 bits per heavy atom. The van der Waals surface area contributed by atoms with Crippen molar-refractivity contribution in [1.29, 1.82) is 0 Å². The molecule has 5 unspecified atom stereocenters. The SMILES string of the molecule is CC1CC2CC3CC1C23C. The van der Waals surface area contributed by atoms with E-state index in [1.54, 1.807) is 19.3 Å². The van der Waals surface area contributed by atoms with Crippen LogP contribution in [0.2, 0.25) is 0 Å². The smallest absolute Gasteiger partial charge is 0.0238 e. The van der Waals surface area contributed by atoms with Gasteiger partial charge in [0.25, 0.3) is 0 Å². The van der Waals surface area contributed by atoms with Gasteiger partial charge in [0.2, 0.25) is 0 Å². The van der Waals surface area contributed by atoms with Crippen LogP contribution in [0.3, 0.4) is 0 Å². The summed E-state index contributed by atoms with van der Waals surface area (Å²) < 4.78 is 0. The maximum atomic E-state index is 2.55. The third-order valence-electron chi connectivity index (χ3n) is 5.01. The molecule has 0 nitrogen and oxygen atoms in total. The maximum absolute atomic E-state index is 2.55. The molecule has 3 rings (SSSR count). The van der Waals surface area contributed by atoms with Crippen molar-refractivity contribution in [3.05, 3.63) is 0 Å². The summed E-state index contributed by atoms with van der Waals surface area (Å²) in [5, 5.41) is 0. The normalized spacial score (nSPS) is 70.2. The van der Waals surface area contributed by atoms with Crippen molar-refractivity contribution in [2.24, 2.45) is 29.1 Å². The molecule has 0 radical (unpaired) electrons. The quantitative estimate of drug-likeness (QED) is 0.480. The zero-order chi connectivity index (χ0) is 6.93. The first-order chi connectivity index (χ1) is 4.73. The van der Waals surface area contributed by atoms with E-state index in [1.807, 2.05) is 0 Å². The second kappa shape index (κ2) is 1.31. The highest BCUT2D eigenvalue weighted by atomic mass is 14.7. The van der Waals surface area contributed by atoms with Crippen LogP contribution >= 0.6 is 0 Å². The molecule has 0 aromatic carbocycles. The van der Waals surface area contributed by atoms with E-state index in [0.29, 0.717) is 0 Å². The first-order valence-electron chi connectivity index (χ1n) is 4.73. The molecule has 0 bridgehead atoms. The minimum atomic E-state index is 0.861. The standard InChI is InChI=1S/C10H16/c1-6-3-7-4-8-5-9(6)10(7,8)2/h6-9H,3-5H2,1-2H3. The van der Waals surface area contributed by atoms with E-state index in [1.165, 1.54) is 0 Å². The van der Waals surface area contributed by atoms with Gasteiger partial charge >= 0.3 is 0 Å². The zero-order valence-electron chi connectivity index (χ0n) is 6.93. The largest absolute Gasteiger partial charge is 0.0622 e. The van der Waals surface area contributed by atoms with Gasteiger partial charge in [0.05, 0.1) is 0 Å². The van der Waals surface area contributed by atoms with Crippen molar-refractivity contribution in [2.45, 2.75) is 33.1 Å². The summed E-state index contributed by atoms with van der Waals surface area (Å²) in [6.07, 6.45) is 4.71. The van der Waals surface area contributed by atoms with Gasteiger partial charge in [0, 0.05) is 0 Å². The van der Waals surface area contributed by atoms with E-state index in [2.05, 4.69) is 13.8 Å². The van der Waals surface area contributed by atoms with Gasteiger partial charge < -0.3 is 0 Å². The molecule has 10 heavy (non-hydrogen) atoms. The fraction of sp³-hybridized carbons (Fsp3) is 1.00. The number of hydrogen-bond donors (Lipinski definition) is 0. The lowest BCUT2D eigenvalue weighted by Crippen LogP contribution is -2.56. The topological polar surface area (TPSA) is 0 Å². The summed E-state index contributed by atoms with van der Waals surface area (Å²) in [4.78, 5) is 0. The van der Waals surface area contributed by atoms with E-state index in [9.17, 15) is 0 Å². The average molecular weight is 136 g/mol. The Morgan fingerprint density at radius 3 is 2.30 bits per heavy atom. The molecule has 3 aliphatic carbocycles. The summed E-state index contributed by atoms with van der Waals surface area (Å²) in [7, 11) is 0. The highest BCUT2D eigenvalue weighted by molar-refractivity contribution is 5.16. The molecular weight excluding hydrogens is 120 g/mol. The minimum absolute atomic E-state index is 0.861. The molecule has 3 aliphatic rings. The molecule has 0 saturated heterocycles. The van der Waals surface area contributed by atoms with Gasteiger partial charge in [-0.2, -0.15) is 0 Å². The van der Waals surface area contributed by atoms with E-state index in [0.717, 1.165) is 29.1 Å². The van der Waals surface area contributed by atoms with Crippen molar-refractivity contribution >= 4 is 0 Å². The van der Waals surface area contributed by atoms with Gasteiger partial charge in [0.1, 0.15) is 0 Å². The number of rotatable bonds is 0. The molecule has 0 aromatic rings. The lowest BCUT2D eigenvalue weighted by Gasteiger charge is -2.63. The van der Waals surface area contributed by atoms with Crippen LogP contribution < -0.4 is 0 Å². The third kappa shape index (κ3) is 0.339. The monoisotopic (exact) mass is 136 g/mol. The Hall–Kier alpha value is 0. The second-order valence-electron chi connectivity index (χ2n) is 5.05. The van der Waals surface area contributed by atoms with Crippen LogP contribution in [-0.2, 0) is 0 Å². The van der Waals surface area contributed by atoms with Crippen molar-refractivity contribution in [2.75, 3.05) is 0 Å². The van der Waals surface area contributed by atoms with Crippen molar-refractivity contribution < 1.29 is 0 Å². The van der Waals surface area contributed by atoms with Crippen LogP contribution in [0.4, 0.5) is 0 Å². The molecule has 56 valence electrons. The highest BCUT2D eigenvalue weighted by Gasteiger charge is 2.68. The summed E-state index contributed by atoms with van der Waals surface area (Å²) in [6, 6.07) is 0. The summed E-state index contributed by atoms with van der Waals surface area (Å²) >= 11 is 0. The molecule has 0 aromatic heterocycles. The predicted molar refractivity (Wildman–Crippen MR) is 41.6 cm³/mol. The van der Waals surface area contributed by atoms with Crippen LogP contribution in [-0.4, -0.2) is 0 Å². The van der Waals surface area contributed by atoms with E-state index in [-0.39, 0.29) is 0 Å². The summed E-state index contributed by atoms with van der Waals surface area (Å²) in [5.74, 6) is 4.50. The molecule has 0 spiro atoms. The van der Waals surface area contributed by atoms with Gasteiger partial charge in [0.15, 0.2) is 0 Å². The summed E-state index contributed by atoms with van der Waals surface area (Å²) in [5.41, 5.74) is 0.861. The molecule has 3 fully saturated rings. The molecule has 5 atom stereocenters. The van der Waals surface area contributed by atoms with E-state index in [4.69, 9.17) is 0 Å². The van der Waals surface area contributed by atoms with Crippen LogP contribution in [0.5, 0.6) is 0 Å². The first kappa shape index (κ1) is 5.62. The van der Waals surface area contributed by atoms with Crippen LogP contribution in [0.1, 0.15) is 33.1 Å². The van der Waals surface area contributed by atoms with Crippen LogP contribution in [0.25, 0.3) is 0 Å². The predicted octanol–water partition coefficient (Wildman–Crippen LogP) is 2.69. The lowest BCUT2D eigenvalue weighted by atomic mass is 9.41. The number of hydrogen-bond acceptors (Lipinski definition) is 0. The Kier molecular flexibility index (Phi) is 0.735. The third-order valence-corrected chi connectivity index (χ3v) is 5.01. The molecule has 0 heterocycles. The zero-order valence-corrected chi connectivity index (χ0v) is 6.93. The van der Waals surface area contributed by atoms with Crippen molar-refractivity contribution in [3.8, 4) is 0 Å². The minimum Gasteiger partial charge on any atom is -0.0622 e. The fourth-order valence-corrected chi connectivity index (χ4v) is 4.19. The second-order valence-corrected chi connectivity index (χ2v) is 5.05. The Morgan fingerprint density at radius 1 is 1.10 bits per heavy atom. The van der Waals surface area contributed by atoms with Gasteiger partial charge in [-0.1, -0.05) is 13.8 Å². The van der Waals surface area contributed by atoms with Crippen LogP contribution in [0, 0.1) is 29.1 Å². The summed E-state index contributed by atoms with van der Waals surface area (Å²) in [6.45, 7) is 5.01. The Bertz CT molecular complexity index is 184. The Labute approximate surface area is 63.0 Å². The average Bonchev–Trinajstić information content (AvgIpc) is 2.18. The molecule has 0 heteroatoms. The molecule has 3 saturated carbocycles.